The molecule has 2 bridgehead atoms. The highest BCUT2D eigenvalue weighted by atomic mass is 16.1. The molecular formula is C20H24O. The van der Waals surface area contributed by atoms with Gasteiger partial charge in [0.2, 0.25) is 0 Å². The maximum atomic E-state index is 13.0. The molecule has 3 aliphatic rings. The quantitative estimate of drug-likeness (QED) is 0.621. The van der Waals surface area contributed by atoms with Crippen LogP contribution in [0.25, 0.3) is 0 Å². The zero-order chi connectivity index (χ0) is 14.8. The van der Waals surface area contributed by atoms with Crippen LogP contribution in [-0.2, 0) is 11.8 Å². The Hall–Kier alpha value is -1.37. The van der Waals surface area contributed by atoms with E-state index >= 15 is 0 Å². The molecule has 0 heterocycles. The highest BCUT2D eigenvalue weighted by molar-refractivity contribution is 6.01. The summed E-state index contributed by atoms with van der Waals surface area (Å²) >= 11 is 0. The number of allylic oxidation sites excluding steroid dienone is 2. The molecule has 21 heavy (non-hydrogen) atoms. The van der Waals surface area contributed by atoms with E-state index in [-0.39, 0.29) is 10.8 Å². The number of ketones is 1. The summed E-state index contributed by atoms with van der Waals surface area (Å²) in [6.45, 7) is 6.63. The van der Waals surface area contributed by atoms with Crippen molar-refractivity contribution >= 4 is 5.78 Å². The number of benzene rings is 1. The summed E-state index contributed by atoms with van der Waals surface area (Å²) in [5.74, 6) is 1.12. The Labute approximate surface area is 127 Å². The summed E-state index contributed by atoms with van der Waals surface area (Å²) in [7, 11) is 0. The first kappa shape index (κ1) is 13.3. The van der Waals surface area contributed by atoms with E-state index in [0.717, 1.165) is 24.3 Å². The van der Waals surface area contributed by atoms with Crippen LogP contribution in [-0.4, -0.2) is 5.78 Å². The van der Waals surface area contributed by atoms with E-state index in [4.69, 9.17) is 0 Å². The van der Waals surface area contributed by atoms with Crippen LogP contribution < -0.4 is 0 Å². The Morgan fingerprint density at radius 1 is 1.14 bits per heavy atom. The van der Waals surface area contributed by atoms with Gasteiger partial charge in [-0.05, 0) is 53.6 Å². The lowest BCUT2D eigenvalue weighted by Gasteiger charge is -2.41. The van der Waals surface area contributed by atoms with Gasteiger partial charge in [-0.1, -0.05) is 50.6 Å². The molecule has 1 saturated carbocycles. The van der Waals surface area contributed by atoms with Crippen LogP contribution in [0.15, 0.2) is 29.8 Å². The molecule has 0 N–H and O–H groups in total. The summed E-state index contributed by atoms with van der Waals surface area (Å²) in [4.78, 5) is 13.0. The zero-order valence-corrected chi connectivity index (χ0v) is 13.3. The van der Waals surface area contributed by atoms with Gasteiger partial charge in [-0.2, -0.15) is 0 Å². The molecule has 0 amide bonds. The second-order valence-electron chi connectivity index (χ2n) is 8.40. The van der Waals surface area contributed by atoms with E-state index in [9.17, 15) is 4.79 Å². The van der Waals surface area contributed by atoms with Crippen molar-refractivity contribution in [3.63, 3.8) is 0 Å². The minimum atomic E-state index is 0.0444. The van der Waals surface area contributed by atoms with E-state index < -0.39 is 0 Å². The maximum absolute atomic E-state index is 13.0. The third-order valence-corrected chi connectivity index (χ3v) is 5.94. The Morgan fingerprint density at radius 3 is 2.57 bits per heavy atom. The molecule has 1 heteroatoms. The van der Waals surface area contributed by atoms with Crippen molar-refractivity contribution in [2.24, 2.45) is 11.3 Å². The van der Waals surface area contributed by atoms with Crippen LogP contribution in [0.3, 0.4) is 0 Å². The number of carbonyl (C=O) groups is 1. The number of rotatable bonds is 0. The highest BCUT2D eigenvalue weighted by Gasteiger charge is 2.51. The molecule has 1 aromatic rings. The van der Waals surface area contributed by atoms with Crippen LogP contribution >= 0.6 is 0 Å². The van der Waals surface area contributed by atoms with Gasteiger partial charge in [-0.15, -0.1) is 0 Å². The van der Waals surface area contributed by atoms with Crippen LogP contribution in [0.2, 0.25) is 0 Å². The van der Waals surface area contributed by atoms with Gasteiger partial charge in [0.15, 0.2) is 5.78 Å². The fraction of sp³-hybridized carbons (Fsp3) is 0.550. The third-order valence-electron chi connectivity index (χ3n) is 5.94. The minimum absolute atomic E-state index is 0.0444. The topological polar surface area (TPSA) is 17.1 Å². The maximum Gasteiger partial charge on any atom is 0.164 e. The van der Waals surface area contributed by atoms with Crippen LogP contribution in [0.1, 0.15) is 67.9 Å². The molecule has 110 valence electrons. The molecule has 0 aliphatic heterocycles. The van der Waals surface area contributed by atoms with Crippen LogP contribution in [0, 0.1) is 11.3 Å². The molecule has 1 aromatic carbocycles. The van der Waals surface area contributed by atoms with E-state index in [1.54, 1.807) is 5.57 Å². The van der Waals surface area contributed by atoms with Crippen molar-refractivity contribution in [2.75, 3.05) is 0 Å². The summed E-state index contributed by atoms with van der Waals surface area (Å²) in [5, 5.41) is 0. The van der Waals surface area contributed by atoms with E-state index in [1.165, 1.54) is 30.4 Å². The lowest BCUT2D eigenvalue weighted by molar-refractivity contribution is 0.0821. The van der Waals surface area contributed by atoms with Gasteiger partial charge in [-0.3, -0.25) is 4.79 Å². The zero-order valence-electron chi connectivity index (χ0n) is 13.3. The smallest absolute Gasteiger partial charge is 0.164 e. The molecule has 1 fully saturated rings. The fourth-order valence-electron chi connectivity index (χ4n) is 4.96. The van der Waals surface area contributed by atoms with Gasteiger partial charge in [0.1, 0.15) is 0 Å². The first-order valence-corrected chi connectivity index (χ1v) is 8.23. The average Bonchev–Trinajstić information content (AvgIpc) is 2.97. The molecule has 2 unspecified atom stereocenters. The molecule has 2 atom stereocenters. The van der Waals surface area contributed by atoms with Crippen molar-refractivity contribution in [1.29, 1.82) is 0 Å². The summed E-state index contributed by atoms with van der Waals surface area (Å²) in [5.41, 5.74) is 5.51. The van der Waals surface area contributed by atoms with Crippen molar-refractivity contribution in [2.45, 2.75) is 58.3 Å². The first-order chi connectivity index (χ1) is 9.89. The van der Waals surface area contributed by atoms with E-state index in [0.29, 0.717) is 5.78 Å². The number of hydrogen-bond acceptors (Lipinski definition) is 1. The van der Waals surface area contributed by atoms with Crippen LogP contribution in [0.4, 0.5) is 0 Å². The molecule has 0 radical (unpaired) electrons. The SMILES string of the molecule is CC(C)(C)c1cccc2c1C(=O)CC1(CC3=CCC1C3)C2. The number of fused-ring (bicyclic) bond motifs is 4. The molecule has 3 aliphatic carbocycles. The van der Waals surface area contributed by atoms with Gasteiger partial charge in [0.05, 0.1) is 0 Å². The van der Waals surface area contributed by atoms with Gasteiger partial charge < -0.3 is 0 Å². The average molecular weight is 280 g/mol. The van der Waals surface area contributed by atoms with E-state index in [2.05, 4.69) is 45.0 Å². The monoisotopic (exact) mass is 280 g/mol. The Morgan fingerprint density at radius 2 is 1.95 bits per heavy atom. The standard InChI is InChI=1S/C20H24O/c1-19(2,3)16-6-4-5-14-11-20(12-17(21)18(14)16)10-13-7-8-15(20)9-13/h4-7,15H,8-12H2,1-3H3. The number of hydrogen-bond donors (Lipinski definition) is 0. The largest absolute Gasteiger partial charge is 0.294 e. The van der Waals surface area contributed by atoms with Gasteiger partial charge in [0.25, 0.3) is 0 Å². The Balaban J connectivity index is 1.81. The molecule has 0 saturated heterocycles. The second kappa shape index (κ2) is 4.09. The normalized spacial score (nSPS) is 30.7. The third kappa shape index (κ3) is 1.86. The van der Waals surface area contributed by atoms with Gasteiger partial charge >= 0.3 is 0 Å². The van der Waals surface area contributed by atoms with E-state index in [1.807, 2.05) is 0 Å². The van der Waals surface area contributed by atoms with Crippen molar-refractivity contribution in [1.82, 2.24) is 0 Å². The van der Waals surface area contributed by atoms with Crippen molar-refractivity contribution in [3.05, 3.63) is 46.5 Å². The summed E-state index contributed by atoms with van der Waals surface area (Å²) in [6.07, 6.45) is 7.93. The van der Waals surface area contributed by atoms with Crippen molar-refractivity contribution < 1.29 is 4.79 Å². The van der Waals surface area contributed by atoms with Crippen molar-refractivity contribution in [3.8, 4) is 0 Å². The second-order valence-corrected chi connectivity index (χ2v) is 8.40. The number of Topliss-reactive ketones (excluding diaryl/α,β-unsaturated/α-hetero) is 1. The molecule has 1 spiro atoms. The van der Waals surface area contributed by atoms with Gasteiger partial charge in [-0.25, -0.2) is 0 Å². The molecule has 0 aromatic heterocycles. The lowest BCUT2D eigenvalue weighted by atomic mass is 9.62. The predicted octanol–water partition coefficient (Wildman–Crippen LogP) is 4.84. The highest BCUT2D eigenvalue weighted by Crippen LogP contribution is 2.58. The lowest BCUT2D eigenvalue weighted by Crippen LogP contribution is -2.37. The van der Waals surface area contributed by atoms with Crippen LogP contribution in [0.5, 0.6) is 0 Å². The Bertz CT molecular complexity index is 659. The molecular weight excluding hydrogens is 256 g/mol. The summed E-state index contributed by atoms with van der Waals surface area (Å²) < 4.78 is 0. The Kier molecular flexibility index (Phi) is 2.59. The first-order valence-electron chi connectivity index (χ1n) is 8.23. The minimum Gasteiger partial charge on any atom is -0.294 e. The summed E-state index contributed by atoms with van der Waals surface area (Å²) in [6, 6.07) is 6.50. The number of carbonyl (C=O) groups excluding carboxylic acids is 1. The van der Waals surface area contributed by atoms with Gasteiger partial charge in [0, 0.05) is 12.0 Å². The fourth-order valence-corrected chi connectivity index (χ4v) is 4.96. The molecule has 4 rings (SSSR count). The predicted molar refractivity (Wildman–Crippen MR) is 85.7 cm³/mol. The molecule has 1 nitrogen and oxygen atoms in total.